The van der Waals surface area contributed by atoms with Crippen molar-refractivity contribution in [2.24, 2.45) is 11.6 Å². The van der Waals surface area contributed by atoms with Crippen molar-refractivity contribution in [2.75, 3.05) is 13.1 Å². The van der Waals surface area contributed by atoms with Crippen LogP contribution in [0.25, 0.3) is 0 Å². The highest BCUT2D eigenvalue weighted by Crippen LogP contribution is 2.24. The average molecular weight is 695 g/mol. The zero-order valence-electron chi connectivity index (χ0n) is 32.5. The van der Waals surface area contributed by atoms with Gasteiger partial charge in [-0.15, -0.1) is 0 Å². The van der Waals surface area contributed by atoms with Gasteiger partial charge in [0.1, 0.15) is 11.2 Å². The molecule has 0 aromatic heterocycles. The predicted molar refractivity (Wildman–Crippen MR) is 197 cm³/mol. The van der Waals surface area contributed by atoms with Gasteiger partial charge in [-0.05, 0) is 86.5 Å². The maximum absolute atomic E-state index is 13.8. The number of carbonyl (C=O) groups excluding carboxylic acids is 4. The van der Waals surface area contributed by atoms with Crippen molar-refractivity contribution in [3.05, 3.63) is 0 Å². The summed E-state index contributed by atoms with van der Waals surface area (Å²) in [4.78, 5) is 54.4. The van der Waals surface area contributed by atoms with E-state index in [1.54, 1.807) is 41.5 Å². The van der Waals surface area contributed by atoms with Crippen LogP contribution in [0.3, 0.4) is 0 Å². The van der Waals surface area contributed by atoms with Crippen LogP contribution >= 0.6 is 0 Å². The third-order valence-electron chi connectivity index (χ3n) is 9.13. The SMILES string of the molecule is CCCCCCCCCCCCCCCCC(=O)N1CCCCC1CN(N)C(=O)C(N)(CCCCC(=O)OC(C)(C)C)C(=O)OC(C)(C)C. The summed E-state index contributed by atoms with van der Waals surface area (Å²) in [7, 11) is 0. The summed E-state index contributed by atoms with van der Waals surface area (Å²) in [5, 5.41) is 1.00. The molecular weight excluding hydrogens is 620 g/mol. The van der Waals surface area contributed by atoms with Gasteiger partial charge in [-0.25, -0.2) is 10.6 Å². The van der Waals surface area contributed by atoms with Crippen molar-refractivity contribution >= 4 is 23.8 Å². The summed E-state index contributed by atoms with van der Waals surface area (Å²) < 4.78 is 10.9. The smallest absolute Gasteiger partial charge is 0.336 e. The summed E-state index contributed by atoms with van der Waals surface area (Å²) in [5.41, 5.74) is 3.06. The van der Waals surface area contributed by atoms with Crippen molar-refractivity contribution in [2.45, 2.75) is 213 Å². The molecule has 1 rings (SSSR count). The second-order valence-electron chi connectivity index (χ2n) is 16.3. The van der Waals surface area contributed by atoms with Gasteiger partial charge in [0, 0.05) is 19.4 Å². The van der Waals surface area contributed by atoms with Gasteiger partial charge in [-0.2, -0.15) is 0 Å². The number of likely N-dealkylation sites (tertiary alicyclic amines) is 1. The Balaban J connectivity index is 2.60. The van der Waals surface area contributed by atoms with Crippen LogP contribution < -0.4 is 11.6 Å². The summed E-state index contributed by atoms with van der Waals surface area (Å²) in [5.74, 6) is 4.48. The van der Waals surface area contributed by atoms with Crippen molar-refractivity contribution < 1.29 is 28.7 Å². The number of amides is 2. The van der Waals surface area contributed by atoms with E-state index in [2.05, 4.69) is 6.92 Å². The Morgan fingerprint density at radius 3 is 1.69 bits per heavy atom. The molecule has 0 bridgehead atoms. The molecule has 10 nitrogen and oxygen atoms in total. The first-order valence-electron chi connectivity index (χ1n) is 19.6. The second kappa shape index (κ2) is 23.3. The van der Waals surface area contributed by atoms with E-state index in [1.807, 2.05) is 4.90 Å². The highest BCUT2D eigenvalue weighted by molar-refractivity contribution is 6.07. The van der Waals surface area contributed by atoms with Gasteiger partial charge in [-0.1, -0.05) is 90.4 Å². The molecule has 0 aromatic carbocycles. The van der Waals surface area contributed by atoms with Gasteiger partial charge >= 0.3 is 11.9 Å². The highest BCUT2D eigenvalue weighted by Gasteiger charge is 2.47. The van der Waals surface area contributed by atoms with Crippen LogP contribution in [0.4, 0.5) is 0 Å². The molecule has 49 heavy (non-hydrogen) atoms. The molecule has 0 aliphatic carbocycles. The van der Waals surface area contributed by atoms with E-state index in [1.165, 1.54) is 70.6 Å². The Hall–Kier alpha value is -2.20. The van der Waals surface area contributed by atoms with Crippen molar-refractivity contribution in [1.82, 2.24) is 9.91 Å². The summed E-state index contributed by atoms with van der Waals surface area (Å²) >= 11 is 0. The molecule has 2 unspecified atom stereocenters. The number of piperidine rings is 1. The van der Waals surface area contributed by atoms with Crippen LogP contribution in [0.2, 0.25) is 0 Å². The number of esters is 2. The van der Waals surface area contributed by atoms with E-state index in [-0.39, 0.29) is 37.3 Å². The molecule has 1 fully saturated rings. The number of rotatable bonds is 24. The number of ether oxygens (including phenoxy) is 2. The van der Waals surface area contributed by atoms with Gasteiger partial charge in [0.15, 0.2) is 5.54 Å². The molecule has 1 saturated heterocycles. The van der Waals surface area contributed by atoms with Gasteiger partial charge in [0.2, 0.25) is 5.91 Å². The monoisotopic (exact) mass is 695 g/mol. The summed E-state index contributed by atoms with van der Waals surface area (Å²) in [6.07, 6.45) is 21.6. The number of unbranched alkanes of at least 4 members (excludes halogenated alkanes) is 14. The molecule has 2 amide bonds. The standard InChI is InChI=1S/C39H74N4O6/c1-8-9-10-11-12-13-14-15-16-17-18-19-20-21-27-33(44)42-30-25-23-26-32(42)31-43(41)35(46)39(40,36(47)49-38(5,6)7)29-24-22-28-34(45)48-37(2,3)4/h32H,8-31,40-41H2,1-7H3. The molecule has 0 spiro atoms. The Morgan fingerprint density at radius 2 is 1.18 bits per heavy atom. The van der Waals surface area contributed by atoms with Crippen molar-refractivity contribution in [3.63, 3.8) is 0 Å². The first kappa shape index (κ1) is 44.8. The summed E-state index contributed by atoms with van der Waals surface area (Å²) in [6, 6.07) is -0.239. The van der Waals surface area contributed by atoms with E-state index in [4.69, 9.17) is 21.1 Å². The molecular formula is C39H74N4O6. The number of nitrogens with two attached hydrogens (primary N) is 2. The number of hydrazine groups is 1. The molecule has 1 heterocycles. The van der Waals surface area contributed by atoms with Crippen molar-refractivity contribution in [3.8, 4) is 0 Å². The fraction of sp³-hybridized carbons (Fsp3) is 0.897. The van der Waals surface area contributed by atoms with Crippen LogP contribution in [-0.2, 0) is 28.7 Å². The number of hydrogen-bond donors (Lipinski definition) is 2. The first-order valence-corrected chi connectivity index (χ1v) is 19.6. The first-order chi connectivity index (χ1) is 23.0. The van der Waals surface area contributed by atoms with Crippen LogP contribution in [0, 0.1) is 0 Å². The van der Waals surface area contributed by atoms with Crippen LogP contribution in [0.5, 0.6) is 0 Å². The molecule has 0 aromatic rings. The second-order valence-corrected chi connectivity index (χ2v) is 16.3. The molecule has 0 radical (unpaired) electrons. The van der Waals surface area contributed by atoms with E-state index in [9.17, 15) is 19.2 Å². The molecule has 286 valence electrons. The minimum absolute atomic E-state index is 0.0380. The van der Waals surface area contributed by atoms with E-state index >= 15 is 0 Å². The zero-order valence-corrected chi connectivity index (χ0v) is 32.5. The zero-order chi connectivity index (χ0) is 36.9. The maximum Gasteiger partial charge on any atom is 0.336 e. The lowest BCUT2D eigenvalue weighted by Crippen LogP contribution is -2.65. The van der Waals surface area contributed by atoms with Crippen LogP contribution in [0.15, 0.2) is 0 Å². The lowest BCUT2D eigenvalue weighted by molar-refractivity contribution is -0.168. The summed E-state index contributed by atoms with van der Waals surface area (Å²) in [6.45, 7) is 13.5. The normalized spacial score (nSPS) is 16.6. The number of carbonyl (C=O) groups is 4. The topological polar surface area (TPSA) is 145 Å². The molecule has 1 aliphatic heterocycles. The maximum atomic E-state index is 13.8. The lowest BCUT2D eigenvalue weighted by Gasteiger charge is -2.39. The average Bonchev–Trinajstić information content (AvgIpc) is 3.01. The van der Waals surface area contributed by atoms with E-state index in [0.717, 1.165) is 43.5 Å². The minimum Gasteiger partial charge on any atom is -0.460 e. The van der Waals surface area contributed by atoms with Crippen LogP contribution in [0.1, 0.15) is 190 Å². The molecule has 2 atom stereocenters. The Kier molecular flexibility index (Phi) is 21.3. The number of nitrogens with zero attached hydrogens (tertiary/aromatic N) is 2. The fourth-order valence-electron chi connectivity index (χ4n) is 6.43. The third-order valence-corrected chi connectivity index (χ3v) is 9.13. The fourth-order valence-corrected chi connectivity index (χ4v) is 6.43. The van der Waals surface area contributed by atoms with E-state index < -0.39 is 28.6 Å². The van der Waals surface area contributed by atoms with E-state index in [0.29, 0.717) is 25.8 Å². The van der Waals surface area contributed by atoms with Gasteiger partial charge in [0.25, 0.3) is 5.91 Å². The Bertz CT molecular complexity index is 976. The molecule has 1 aliphatic rings. The van der Waals surface area contributed by atoms with Crippen LogP contribution in [-0.4, -0.2) is 69.5 Å². The Morgan fingerprint density at radius 1 is 0.694 bits per heavy atom. The highest BCUT2D eigenvalue weighted by atomic mass is 16.6. The van der Waals surface area contributed by atoms with Gasteiger partial charge in [-0.3, -0.25) is 19.4 Å². The predicted octanol–water partition coefficient (Wildman–Crippen LogP) is 7.88. The quantitative estimate of drug-likeness (QED) is 0.0259. The van der Waals surface area contributed by atoms with Gasteiger partial charge < -0.3 is 20.1 Å². The van der Waals surface area contributed by atoms with Crippen molar-refractivity contribution in [1.29, 1.82) is 0 Å². The van der Waals surface area contributed by atoms with Gasteiger partial charge in [0.05, 0.1) is 12.6 Å². The largest absolute Gasteiger partial charge is 0.460 e. The minimum atomic E-state index is -2.02. The molecule has 0 saturated carbocycles. The Labute approximate surface area is 299 Å². The lowest BCUT2D eigenvalue weighted by atomic mass is 9.91. The molecule has 4 N–H and O–H groups in total. The number of hydrogen-bond acceptors (Lipinski definition) is 8. The third kappa shape index (κ3) is 19.7. The molecule has 10 heteroatoms.